The first kappa shape index (κ1) is 10.8. The van der Waals surface area contributed by atoms with E-state index in [1.165, 1.54) is 0 Å². The molecule has 60 valence electrons. The smallest absolute Gasteiger partial charge is 0.126 e. The molecule has 0 aromatic carbocycles. The Morgan fingerprint density at radius 2 is 2.00 bits per heavy atom. The molecule has 0 spiro atoms. The zero-order valence-electron chi connectivity index (χ0n) is 5.91. The Balaban J connectivity index is 3.61. The summed E-state index contributed by atoms with van der Waals surface area (Å²) in [5.41, 5.74) is 0.232. The largest absolute Gasteiger partial charge is 0.344 e. The van der Waals surface area contributed by atoms with Crippen molar-refractivity contribution in [3.8, 4) is 0 Å². The molecular weight excluding hydrogens is 207 g/mol. The van der Waals surface area contributed by atoms with E-state index < -0.39 is 6.00 Å². The Morgan fingerprint density at radius 3 is 2.30 bits per heavy atom. The third-order valence-corrected chi connectivity index (χ3v) is 6.12. The summed E-state index contributed by atoms with van der Waals surface area (Å²) in [4.78, 5) is 0. The fraction of sp³-hybridized carbons (Fsp3) is 0.667. The molecule has 0 aromatic rings. The normalized spacial score (nSPS) is 14.8. The Bertz CT molecular complexity index is 108. The first-order valence-electron chi connectivity index (χ1n) is 3.16. The van der Waals surface area contributed by atoms with Gasteiger partial charge in [-0.2, -0.15) is 0 Å². The number of allylic oxidation sites excluding steroid dienone is 1. The first-order chi connectivity index (χ1) is 4.48. The summed E-state index contributed by atoms with van der Waals surface area (Å²) in [5, 5.41) is 0. The Morgan fingerprint density at radius 1 is 1.50 bits per heavy atom. The minimum atomic E-state index is -2.43. The van der Waals surface area contributed by atoms with Gasteiger partial charge in [0.15, 0.2) is 0 Å². The van der Waals surface area contributed by atoms with Crippen molar-refractivity contribution in [2.24, 2.45) is 0 Å². The van der Waals surface area contributed by atoms with E-state index in [4.69, 9.17) is 33.2 Å². The van der Waals surface area contributed by atoms with E-state index in [1.54, 1.807) is 0 Å². The molecule has 10 heavy (non-hydrogen) atoms. The average molecular weight is 218 g/mol. The molecule has 0 saturated heterocycles. The maximum absolute atomic E-state index is 5.75. The van der Waals surface area contributed by atoms with Crippen LogP contribution in [0, 0.1) is 0 Å². The number of halogens is 3. The highest BCUT2D eigenvalue weighted by Gasteiger charge is 2.32. The zero-order valence-corrected chi connectivity index (χ0v) is 9.18. The zero-order chi connectivity index (χ0) is 8.20. The van der Waals surface area contributed by atoms with Gasteiger partial charge in [-0.3, -0.25) is 0 Å². The van der Waals surface area contributed by atoms with Crippen LogP contribution in [0.15, 0.2) is 12.7 Å². The van der Waals surface area contributed by atoms with Crippen LogP contribution in [0.1, 0.15) is 19.8 Å². The molecule has 0 heterocycles. The van der Waals surface area contributed by atoms with Gasteiger partial charge in [0.1, 0.15) is 0 Å². The summed E-state index contributed by atoms with van der Waals surface area (Å²) < 4.78 is 0. The van der Waals surface area contributed by atoms with E-state index in [0.29, 0.717) is 0 Å². The van der Waals surface area contributed by atoms with Gasteiger partial charge in [0, 0.05) is 0 Å². The molecule has 0 radical (unpaired) electrons. The second kappa shape index (κ2) is 4.65. The fourth-order valence-electron chi connectivity index (χ4n) is 0.532. The summed E-state index contributed by atoms with van der Waals surface area (Å²) in [6, 6.07) is -2.43. The van der Waals surface area contributed by atoms with Crippen molar-refractivity contribution in [1.82, 2.24) is 0 Å². The summed E-state index contributed by atoms with van der Waals surface area (Å²) >= 11 is 17.3. The Labute approximate surface area is 77.3 Å². The predicted molar refractivity (Wildman–Crippen MR) is 52.2 cm³/mol. The standard InChI is InChI=1S/C6H11Cl3Si/c1-3-4-5-6(2)10(7,8)9/h3,6H,1,4-5H2,2H3. The van der Waals surface area contributed by atoms with Gasteiger partial charge in [-0.05, 0) is 18.4 Å². The van der Waals surface area contributed by atoms with Gasteiger partial charge < -0.3 is 0 Å². The van der Waals surface area contributed by atoms with Gasteiger partial charge in [-0.15, -0.1) is 39.8 Å². The lowest BCUT2D eigenvalue weighted by Gasteiger charge is -2.15. The van der Waals surface area contributed by atoms with Gasteiger partial charge in [0.2, 0.25) is 0 Å². The van der Waals surface area contributed by atoms with Crippen LogP contribution in [0.2, 0.25) is 5.54 Å². The molecule has 0 aliphatic carbocycles. The van der Waals surface area contributed by atoms with Gasteiger partial charge in [0.05, 0.1) is 0 Å². The average Bonchev–Trinajstić information content (AvgIpc) is 1.80. The molecule has 0 aliphatic rings. The predicted octanol–water partition coefficient (Wildman–Crippen LogP) is 4.00. The molecule has 0 amide bonds. The van der Waals surface area contributed by atoms with Crippen LogP contribution in [0.5, 0.6) is 0 Å². The first-order valence-corrected chi connectivity index (χ1v) is 8.27. The van der Waals surface area contributed by atoms with Gasteiger partial charge >= 0.3 is 6.00 Å². The topological polar surface area (TPSA) is 0 Å². The number of rotatable bonds is 4. The van der Waals surface area contributed by atoms with E-state index in [0.717, 1.165) is 12.8 Å². The highest BCUT2D eigenvalue weighted by molar-refractivity contribution is 7.65. The second-order valence-electron chi connectivity index (χ2n) is 2.31. The minimum absolute atomic E-state index is 0.232. The van der Waals surface area contributed by atoms with E-state index in [9.17, 15) is 0 Å². The molecule has 0 bridgehead atoms. The molecule has 0 rings (SSSR count). The van der Waals surface area contributed by atoms with E-state index in [2.05, 4.69) is 6.58 Å². The molecule has 0 aromatic heterocycles. The summed E-state index contributed by atoms with van der Waals surface area (Å²) in [6.45, 7) is 5.58. The van der Waals surface area contributed by atoms with Crippen LogP contribution in [0.4, 0.5) is 0 Å². The van der Waals surface area contributed by atoms with Gasteiger partial charge in [0.25, 0.3) is 0 Å². The SMILES string of the molecule is C=CCCC(C)[Si](Cl)(Cl)Cl. The summed E-state index contributed by atoms with van der Waals surface area (Å²) in [5.74, 6) is 0. The lowest BCUT2D eigenvalue weighted by Crippen LogP contribution is -2.16. The van der Waals surface area contributed by atoms with Crippen LogP contribution in [0.3, 0.4) is 0 Å². The molecule has 0 N–H and O–H groups in total. The Kier molecular flexibility index (Phi) is 5.04. The molecule has 1 atom stereocenters. The molecule has 0 nitrogen and oxygen atoms in total. The van der Waals surface area contributed by atoms with Crippen LogP contribution >= 0.6 is 33.2 Å². The summed E-state index contributed by atoms with van der Waals surface area (Å²) in [6.07, 6.45) is 3.72. The van der Waals surface area contributed by atoms with Crippen molar-refractivity contribution in [2.75, 3.05) is 0 Å². The third kappa shape index (κ3) is 4.61. The van der Waals surface area contributed by atoms with Crippen LogP contribution in [-0.2, 0) is 0 Å². The number of hydrogen-bond acceptors (Lipinski definition) is 0. The van der Waals surface area contributed by atoms with Gasteiger partial charge in [-0.25, -0.2) is 0 Å². The van der Waals surface area contributed by atoms with Crippen molar-refractivity contribution in [1.29, 1.82) is 0 Å². The molecule has 0 aliphatic heterocycles. The van der Waals surface area contributed by atoms with E-state index in [1.807, 2.05) is 13.0 Å². The minimum Gasteiger partial charge on any atom is -0.126 e. The van der Waals surface area contributed by atoms with E-state index >= 15 is 0 Å². The second-order valence-corrected chi connectivity index (χ2v) is 11.5. The number of hydrogen-bond donors (Lipinski definition) is 0. The molecule has 4 heteroatoms. The third-order valence-electron chi connectivity index (χ3n) is 1.36. The lowest BCUT2D eigenvalue weighted by atomic mass is 10.2. The maximum Gasteiger partial charge on any atom is 0.344 e. The van der Waals surface area contributed by atoms with Crippen molar-refractivity contribution in [2.45, 2.75) is 25.3 Å². The molecule has 1 unspecified atom stereocenters. The van der Waals surface area contributed by atoms with Crippen LogP contribution < -0.4 is 0 Å². The van der Waals surface area contributed by atoms with Crippen molar-refractivity contribution < 1.29 is 0 Å². The van der Waals surface area contributed by atoms with Gasteiger partial charge in [-0.1, -0.05) is 13.0 Å². The van der Waals surface area contributed by atoms with E-state index in [-0.39, 0.29) is 5.54 Å². The van der Waals surface area contributed by atoms with Crippen molar-refractivity contribution in [3.63, 3.8) is 0 Å². The fourth-order valence-corrected chi connectivity index (χ4v) is 2.01. The van der Waals surface area contributed by atoms with Crippen molar-refractivity contribution >= 4 is 39.2 Å². The lowest BCUT2D eigenvalue weighted by molar-refractivity contribution is 0.804. The molecule has 0 fully saturated rings. The monoisotopic (exact) mass is 216 g/mol. The summed E-state index contributed by atoms with van der Waals surface area (Å²) in [7, 11) is 0. The molecule has 0 saturated carbocycles. The quantitative estimate of drug-likeness (QED) is 0.379. The van der Waals surface area contributed by atoms with Crippen LogP contribution in [0.25, 0.3) is 0 Å². The maximum atomic E-state index is 5.75. The molecular formula is C6H11Cl3Si. The highest BCUT2D eigenvalue weighted by atomic mass is 35.8. The highest BCUT2D eigenvalue weighted by Crippen LogP contribution is 2.36. The van der Waals surface area contributed by atoms with Crippen molar-refractivity contribution in [3.05, 3.63) is 12.7 Å². The Hall–Kier alpha value is 0.827. The van der Waals surface area contributed by atoms with Crippen LogP contribution in [-0.4, -0.2) is 6.00 Å².